The Hall–Kier alpha value is -1.10. The zero-order valence-corrected chi connectivity index (χ0v) is 8.46. The van der Waals surface area contributed by atoms with Gasteiger partial charge in [-0.2, -0.15) is 0 Å². The van der Waals surface area contributed by atoms with Gasteiger partial charge in [0.25, 0.3) is 0 Å². The van der Waals surface area contributed by atoms with Crippen molar-refractivity contribution in [2.75, 3.05) is 27.7 Å². The minimum Gasteiger partial charge on any atom is -0.468 e. The molecule has 0 rings (SSSR count). The molecule has 1 unspecified atom stereocenters. The van der Waals surface area contributed by atoms with Crippen LogP contribution in [0.25, 0.3) is 0 Å². The quantitative estimate of drug-likeness (QED) is 0.588. The molecule has 1 amide bonds. The van der Waals surface area contributed by atoms with E-state index < -0.39 is 6.04 Å². The maximum atomic E-state index is 11.1. The lowest BCUT2D eigenvalue weighted by atomic mass is 10.3. The average Bonchev–Trinajstić information content (AvgIpc) is 2.11. The van der Waals surface area contributed by atoms with Gasteiger partial charge in [-0.1, -0.05) is 0 Å². The zero-order chi connectivity index (χ0) is 10.4. The van der Waals surface area contributed by atoms with Gasteiger partial charge in [-0.3, -0.25) is 14.9 Å². The summed E-state index contributed by atoms with van der Waals surface area (Å²) in [6.07, 6.45) is 0. The Kier molecular flexibility index (Phi) is 5.06. The lowest BCUT2D eigenvalue weighted by molar-refractivity contribution is -0.142. The number of likely N-dealkylation sites (N-methyl/N-ethyl adjacent to an activating group) is 1. The van der Waals surface area contributed by atoms with Crippen molar-refractivity contribution in [3.05, 3.63) is 0 Å². The number of nitrogens with one attached hydrogen (secondary N) is 1. The number of hydrogen-bond donors (Lipinski definition) is 1. The van der Waals surface area contributed by atoms with Crippen molar-refractivity contribution < 1.29 is 14.3 Å². The summed E-state index contributed by atoms with van der Waals surface area (Å²) >= 11 is 0. The van der Waals surface area contributed by atoms with Crippen LogP contribution in [0.4, 0.5) is 0 Å². The van der Waals surface area contributed by atoms with Gasteiger partial charge in [0.15, 0.2) is 0 Å². The molecule has 0 aromatic carbocycles. The van der Waals surface area contributed by atoms with E-state index in [1.807, 2.05) is 0 Å². The monoisotopic (exact) mass is 188 g/mol. The van der Waals surface area contributed by atoms with Crippen LogP contribution >= 0.6 is 0 Å². The van der Waals surface area contributed by atoms with Crippen LogP contribution in [0.15, 0.2) is 0 Å². The van der Waals surface area contributed by atoms with Crippen LogP contribution < -0.4 is 5.32 Å². The predicted molar refractivity (Wildman–Crippen MR) is 48.2 cm³/mol. The molecule has 0 aliphatic heterocycles. The maximum Gasteiger partial charge on any atom is 0.322 e. The zero-order valence-electron chi connectivity index (χ0n) is 8.46. The smallest absolute Gasteiger partial charge is 0.322 e. The number of carbonyl (C=O) groups is 2. The Bertz CT molecular complexity index is 192. The topological polar surface area (TPSA) is 58.6 Å². The third-order valence-corrected chi connectivity index (χ3v) is 1.61. The Labute approximate surface area is 78.0 Å². The van der Waals surface area contributed by atoms with E-state index in [9.17, 15) is 9.59 Å². The van der Waals surface area contributed by atoms with Crippen LogP contribution in [0.2, 0.25) is 0 Å². The van der Waals surface area contributed by atoms with Gasteiger partial charge in [-0.15, -0.1) is 0 Å². The average molecular weight is 188 g/mol. The molecule has 0 aromatic heterocycles. The van der Waals surface area contributed by atoms with Crippen LogP contribution in [0.1, 0.15) is 6.92 Å². The van der Waals surface area contributed by atoms with E-state index in [1.165, 1.54) is 12.0 Å². The highest BCUT2D eigenvalue weighted by atomic mass is 16.5. The Morgan fingerprint density at radius 3 is 2.38 bits per heavy atom. The maximum absolute atomic E-state index is 11.1. The van der Waals surface area contributed by atoms with Crippen LogP contribution in [-0.2, 0) is 14.3 Å². The Balaban J connectivity index is 3.76. The Morgan fingerprint density at radius 1 is 1.46 bits per heavy atom. The van der Waals surface area contributed by atoms with Crippen LogP contribution in [0.3, 0.4) is 0 Å². The number of amides is 1. The van der Waals surface area contributed by atoms with Crippen LogP contribution in [0.5, 0.6) is 0 Å². The summed E-state index contributed by atoms with van der Waals surface area (Å²) in [4.78, 5) is 23.4. The van der Waals surface area contributed by atoms with E-state index in [2.05, 4.69) is 10.1 Å². The van der Waals surface area contributed by atoms with Crippen LogP contribution in [0, 0.1) is 0 Å². The molecule has 0 saturated carbocycles. The van der Waals surface area contributed by atoms with E-state index in [0.29, 0.717) is 0 Å². The fourth-order valence-electron chi connectivity index (χ4n) is 0.659. The van der Waals surface area contributed by atoms with Crippen molar-refractivity contribution in [2.45, 2.75) is 13.0 Å². The third-order valence-electron chi connectivity index (χ3n) is 1.61. The van der Waals surface area contributed by atoms with Crippen LogP contribution in [-0.4, -0.2) is 50.6 Å². The number of ether oxygens (including phenoxy) is 1. The third kappa shape index (κ3) is 4.47. The van der Waals surface area contributed by atoms with Crippen molar-refractivity contribution in [1.82, 2.24) is 10.2 Å². The van der Waals surface area contributed by atoms with Gasteiger partial charge < -0.3 is 9.64 Å². The van der Waals surface area contributed by atoms with E-state index in [1.54, 1.807) is 21.0 Å². The highest BCUT2D eigenvalue weighted by molar-refractivity contribution is 5.79. The second kappa shape index (κ2) is 5.53. The molecule has 13 heavy (non-hydrogen) atoms. The van der Waals surface area contributed by atoms with Gasteiger partial charge in [0.05, 0.1) is 13.7 Å². The molecule has 0 saturated heterocycles. The van der Waals surface area contributed by atoms with Gasteiger partial charge in [-0.25, -0.2) is 0 Å². The molecule has 5 nitrogen and oxygen atoms in total. The first kappa shape index (κ1) is 11.9. The minimum atomic E-state index is -0.450. The molecule has 0 heterocycles. The molecule has 76 valence electrons. The number of esters is 1. The molecule has 0 fully saturated rings. The minimum absolute atomic E-state index is 0.0734. The van der Waals surface area contributed by atoms with Gasteiger partial charge in [-0.05, 0) is 6.92 Å². The molecule has 0 aromatic rings. The summed E-state index contributed by atoms with van der Waals surface area (Å²) in [7, 11) is 4.63. The SMILES string of the molecule is COC(=O)C(C)NCC(=O)N(C)C. The van der Waals surface area contributed by atoms with E-state index in [-0.39, 0.29) is 18.4 Å². The lowest BCUT2D eigenvalue weighted by Gasteiger charge is -2.14. The van der Waals surface area contributed by atoms with Gasteiger partial charge in [0.1, 0.15) is 6.04 Å². The summed E-state index contributed by atoms with van der Waals surface area (Å²) in [6, 6.07) is -0.450. The Morgan fingerprint density at radius 2 is 2.00 bits per heavy atom. The second-order valence-electron chi connectivity index (χ2n) is 2.91. The first-order chi connectivity index (χ1) is 5.99. The van der Waals surface area contributed by atoms with Gasteiger partial charge in [0, 0.05) is 14.1 Å². The predicted octanol–water partition coefficient (Wildman–Crippen LogP) is -0.774. The summed E-state index contributed by atoms with van der Waals surface area (Å²) < 4.78 is 4.48. The summed E-state index contributed by atoms with van der Waals surface area (Å²) in [5.74, 6) is -0.442. The molecular weight excluding hydrogens is 172 g/mol. The first-order valence-electron chi connectivity index (χ1n) is 4.00. The second-order valence-corrected chi connectivity index (χ2v) is 2.91. The van der Waals surface area contributed by atoms with Crippen molar-refractivity contribution in [2.24, 2.45) is 0 Å². The normalized spacial score (nSPS) is 12.0. The van der Waals surface area contributed by atoms with Crippen molar-refractivity contribution in [3.8, 4) is 0 Å². The van der Waals surface area contributed by atoms with Crippen molar-refractivity contribution in [1.29, 1.82) is 0 Å². The number of rotatable bonds is 4. The van der Waals surface area contributed by atoms with Crippen molar-refractivity contribution in [3.63, 3.8) is 0 Å². The molecule has 5 heteroatoms. The molecule has 1 N–H and O–H groups in total. The number of nitrogens with zero attached hydrogens (tertiary/aromatic N) is 1. The number of hydrogen-bond acceptors (Lipinski definition) is 4. The number of methoxy groups -OCH3 is 1. The number of carbonyl (C=O) groups excluding carboxylic acids is 2. The van der Waals surface area contributed by atoms with Gasteiger partial charge in [0.2, 0.25) is 5.91 Å². The molecule has 1 atom stereocenters. The fourth-order valence-corrected chi connectivity index (χ4v) is 0.659. The molecule has 0 spiro atoms. The van der Waals surface area contributed by atoms with E-state index >= 15 is 0 Å². The molecule has 0 radical (unpaired) electrons. The molecule has 0 bridgehead atoms. The fraction of sp³-hybridized carbons (Fsp3) is 0.750. The summed E-state index contributed by atoms with van der Waals surface area (Å²) in [6.45, 7) is 1.79. The standard InChI is InChI=1S/C8H16N2O3/c1-6(8(12)13-4)9-5-7(11)10(2)3/h6,9H,5H2,1-4H3. The molecule has 0 aliphatic carbocycles. The van der Waals surface area contributed by atoms with Gasteiger partial charge >= 0.3 is 5.97 Å². The highest BCUT2D eigenvalue weighted by Crippen LogP contribution is 1.85. The van der Waals surface area contributed by atoms with E-state index in [4.69, 9.17) is 0 Å². The molecule has 0 aliphatic rings. The van der Waals surface area contributed by atoms with Crippen molar-refractivity contribution >= 4 is 11.9 Å². The highest BCUT2D eigenvalue weighted by Gasteiger charge is 2.13. The largest absolute Gasteiger partial charge is 0.468 e. The summed E-state index contributed by atoms with van der Waals surface area (Å²) in [5.41, 5.74) is 0. The first-order valence-corrected chi connectivity index (χ1v) is 4.00. The lowest BCUT2D eigenvalue weighted by Crippen LogP contribution is -2.41. The molecular formula is C8H16N2O3. The summed E-state index contributed by atoms with van der Waals surface area (Å²) in [5, 5.41) is 2.75. The van der Waals surface area contributed by atoms with E-state index in [0.717, 1.165) is 0 Å².